The van der Waals surface area contributed by atoms with E-state index < -0.39 is 0 Å². The molecule has 0 bridgehead atoms. The zero-order valence-corrected chi connectivity index (χ0v) is 19.7. The van der Waals surface area contributed by atoms with Gasteiger partial charge in [0.2, 0.25) is 0 Å². The second-order valence-corrected chi connectivity index (χ2v) is 9.33. The quantitative estimate of drug-likeness (QED) is 0.403. The van der Waals surface area contributed by atoms with Crippen molar-refractivity contribution in [2.24, 2.45) is 5.10 Å². The highest BCUT2D eigenvalue weighted by Crippen LogP contribution is 2.28. The summed E-state index contributed by atoms with van der Waals surface area (Å²) in [7, 11) is 0. The first kappa shape index (κ1) is 22.1. The van der Waals surface area contributed by atoms with Gasteiger partial charge in [-0.05, 0) is 42.0 Å². The van der Waals surface area contributed by atoms with Gasteiger partial charge in [0, 0.05) is 6.04 Å². The van der Waals surface area contributed by atoms with Gasteiger partial charge in [-0.2, -0.15) is 9.78 Å². The average molecular weight is 455 g/mol. The number of carbonyl (C=O) groups excluding carboxylic acids is 1. The molecule has 4 aromatic rings. The van der Waals surface area contributed by atoms with E-state index in [1.54, 1.807) is 6.21 Å². The minimum Gasteiger partial charge on any atom is -0.383 e. The SMILES string of the molecule is CC(C)c1ccc(/C=N\n2c(N)c(C(=O)NC3CCCCC3)c3nc4ccccc4nc32)cc1. The molecule has 0 atom stereocenters. The van der Waals surface area contributed by atoms with Crippen molar-refractivity contribution in [3.8, 4) is 0 Å². The second kappa shape index (κ2) is 9.25. The van der Waals surface area contributed by atoms with Crippen LogP contribution >= 0.6 is 0 Å². The first-order chi connectivity index (χ1) is 16.5. The van der Waals surface area contributed by atoms with Crippen molar-refractivity contribution in [1.82, 2.24) is 20.0 Å². The lowest BCUT2D eigenvalue weighted by molar-refractivity contribution is 0.0930. The Morgan fingerprint density at radius 3 is 2.41 bits per heavy atom. The van der Waals surface area contributed by atoms with Gasteiger partial charge in [0.15, 0.2) is 5.65 Å². The number of hydrogen-bond acceptors (Lipinski definition) is 5. The fraction of sp³-hybridized carbons (Fsp3) is 0.333. The Morgan fingerprint density at radius 1 is 1.06 bits per heavy atom. The number of amides is 1. The maximum Gasteiger partial charge on any atom is 0.257 e. The molecule has 5 rings (SSSR count). The Morgan fingerprint density at radius 2 is 1.74 bits per heavy atom. The highest BCUT2D eigenvalue weighted by atomic mass is 16.1. The lowest BCUT2D eigenvalue weighted by atomic mass is 9.95. The number of fused-ring (bicyclic) bond motifs is 2. The van der Waals surface area contributed by atoms with E-state index in [1.807, 2.05) is 36.4 Å². The van der Waals surface area contributed by atoms with E-state index in [0.717, 1.165) is 36.8 Å². The van der Waals surface area contributed by atoms with Crippen LogP contribution in [0.5, 0.6) is 0 Å². The van der Waals surface area contributed by atoms with Crippen LogP contribution in [0.3, 0.4) is 0 Å². The fourth-order valence-electron chi connectivity index (χ4n) is 4.58. The van der Waals surface area contributed by atoms with Gasteiger partial charge in [-0.15, -0.1) is 0 Å². The largest absolute Gasteiger partial charge is 0.383 e. The van der Waals surface area contributed by atoms with Crippen molar-refractivity contribution >= 4 is 40.1 Å². The smallest absolute Gasteiger partial charge is 0.257 e. The third-order valence-electron chi connectivity index (χ3n) is 6.57. The molecule has 7 nitrogen and oxygen atoms in total. The molecule has 1 saturated carbocycles. The molecule has 0 radical (unpaired) electrons. The summed E-state index contributed by atoms with van der Waals surface area (Å²) in [6.07, 6.45) is 7.20. The molecule has 0 unspecified atom stereocenters. The number of hydrogen-bond donors (Lipinski definition) is 2. The number of nitrogen functional groups attached to an aromatic ring is 1. The van der Waals surface area contributed by atoms with Crippen LogP contribution in [0.15, 0.2) is 53.6 Å². The normalized spacial score (nSPS) is 15.0. The lowest BCUT2D eigenvalue weighted by Gasteiger charge is -2.22. The molecule has 2 aromatic heterocycles. The molecule has 7 heteroatoms. The number of carbonyl (C=O) groups is 1. The predicted octanol–water partition coefficient (Wildman–Crippen LogP) is 5.23. The number of rotatable bonds is 5. The van der Waals surface area contributed by atoms with Crippen molar-refractivity contribution in [2.75, 3.05) is 5.73 Å². The molecule has 0 saturated heterocycles. The van der Waals surface area contributed by atoms with Crippen LogP contribution in [0.2, 0.25) is 0 Å². The van der Waals surface area contributed by atoms with Crippen LogP contribution in [0.25, 0.3) is 22.2 Å². The van der Waals surface area contributed by atoms with Crippen LogP contribution in [0.4, 0.5) is 5.82 Å². The highest BCUT2D eigenvalue weighted by molar-refractivity contribution is 6.10. The third-order valence-corrected chi connectivity index (χ3v) is 6.57. The minimum absolute atomic E-state index is 0.162. The molecule has 2 heterocycles. The molecule has 174 valence electrons. The summed E-state index contributed by atoms with van der Waals surface area (Å²) in [6, 6.07) is 16.0. The van der Waals surface area contributed by atoms with E-state index in [-0.39, 0.29) is 17.8 Å². The third kappa shape index (κ3) is 4.25. The number of anilines is 1. The summed E-state index contributed by atoms with van der Waals surface area (Å²) in [5.74, 6) is 0.492. The monoisotopic (exact) mass is 454 g/mol. The number of benzene rings is 2. The van der Waals surface area contributed by atoms with Crippen LogP contribution in [0, 0.1) is 0 Å². The molecule has 1 aliphatic rings. The summed E-state index contributed by atoms with van der Waals surface area (Å²) >= 11 is 0. The van der Waals surface area contributed by atoms with Gasteiger partial charge in [0.05, 0.1) is 17.2 Å². The fourth-order valence-corrected chi connectivity index (χ4v) is 4.58. The van der Waals surface area contributed by atoms with Gasteiger partial charge < -0.3 is 11.1 Å². The number of aromatic nitrogens is 3. The van der Waals surface area contributed by atoms with E-state index in [1.165, 1.54) is 16.7 Å². The molecule has 0 spiro atoms. The topological polar surface area (TPSA) is 98.2 Å². The van der Waals surface area contributed by atoms with Gasteiger partial charge in [-0.25, -0.2) is 9.97 Å². The van der Waals surface area contributed by atoms with Crippen LogP contribution < -0.4 is 11.1 Å². The van der Waals surface area contributed by atoms with Crippen molar-refractivity contribution in [3.05, 3.63) is 65.2 Å². The Hall–Kier alpha value is -3.74. The molecule has 2 aromatic carbocycles. The molecule has 0 aliphatic heterocycles. The Balaban J connectivity index is 1.58. The highest BCUT2D eigenvalue weighted by Gasteiger charge is 2.26. The van der Waals surface area contributed by atoms with Gasteiger partial charge >= 0.3 is 0 Å². The molecule has 34 heavy (non-hydrogen) atoms. The molecular weight excluding hydrogens is 424 g/mol. The van der Waals surface area contributed by atoms with Gasteiger partial charge in [0.1, 0.15) is 16.9 Å². The number of nitrogens with two attached hydrogens (primary N) is 1. The van der Waals surface area contributed by atoms with Gasteiger partial charge in [-0.3, -0.25) is 4.79 Å². The van der Waals surface area contributed by atoms with E-state index >= 15 is 0 Å². The Kier molecular flexibility index (Phi) is 6.01. The van der Waals surface area contributed by atoms with E-state index in [4.69, 9.17) is 15.7 Å². The van der Waals surface area contributed by atoms with Gasteiger partial charge in [-0.1, -0.05) is 69.5 Å². The Bertz CT molecular complexity index is 1360. The van der Waals surface area contributed by atoms with Crippen molar-refractivity contribution in [3.63, 3.8) is 0 Å². The molecule has 3 N–H and O–H groups in total. The summed E-state index contributed by atoms with van der Waals surface area (Å²) in [4.78, 5) is 22.9. The lowest BCUT2D eigenvalue weighted by Crippen LogP contribution is -2.36. The van der Waals surface area contributed by atoms with E-state index in [0.29, 0.717) is 28.2 Å². The first-order valence-corrected chi connectivity index (χ1v) is 12.0. The van der Waals surface area contributed by atoms with Crippen molar-refractivity contribution in [2.45, 2.75) is 57.9 Å². The number of nitrogens with one attached hydrogen (secondary N) is 1. The Labute approximate surface area is 199 Å². The van der Waals surface area contributed by atoms with Crippen molar-refractivity contribution in [1.29, 1.82) is 0 Å². The van der Waals surface area contributed by atoms with Crippen molar-refractivity contribution < 1.29 is 4.79 Å². The average Bonchev–Trinajstić information content (AvgIpc) is 3.12. The minimum atomic E-state index is -0.214. The van der Waals surface area contributed by atoms with E-state index in [9.17, 15) is 4.79 Å². The first-order valence-electron chi connectivity index (χ1n) is 12.0. The standard InChI is InChI=1S/C27H30N6O/c1-17(2)19-14-12-18(13-15-19)16-29-33-25(28)23(27(34)30-20-8-4-3-5-9-20)24-26(33)32-22-11-7-6-10-21(22)31-24/h6-7,10-17,20H,3-5,8-9,28H2,1-2H3,(H,30,34)/b29-16-. The summed E-state index contributed by atoms with van der Waals surface area (Å²) < 4.78 is 1.53. The summed E-state index contributed by atoms with van der Waals surface area (Å²) in [5.41, 5.74) is 11.4. The van der Waals surface area contributed by atoms with Gasteiger partial charge in [0.25, 0.3) is 5.91 Å². The molecule has 1 fully saturated rings. The number of para-hydroxylation sites is 2. The molecule has 1 aliphatic carbocycles. The molecule has 1 amide bonds. The second-order valence-electron chi connectivity index (χ2n) is 9.33. The zero-order valence-electron chi connectivity index (χ0n) is 19.7. The number of nitrogens with zero attached hydrogens (tertiary/aromatic N) is 4. The maximum absolute atomic E-state index is 13.3. The molecular formula is C27H30N6O. The van der Waals surface area contributed by atoms with Crippen LogP contribution in [0.1, 0.15) is 73.4 Å². The van der Waals surface area contributed by atoms with Crippen LogP contribution in [-0.2, 0) is 0 Å². The van der Waals surface area contributed by atoms with E-state index in [2.05, 4.69) is 36.4 Å². The summed E-state index contributed by atoms with van der Waals surface area (Å²) in [6.45, 7) is 4.33. The summed E-state index contributed by atoms with van der Waals surface area (Å²) in [5, 5.41) is 7.79. The maximum atomic E-state index is 13.3. The predicted molar refractivity (Wildman–Crippen MR) is 137 cm³/mol. The zero-order chi connectivity index (χ0) is 23.7. The van der Waals surface area contributed by atoms with Crippen LogP contribution in [-0.4, -0.2) is 32.8 Å².